The van der Waals surface area contributed by atoms with Crippen LogP contribution in [0.3, 0.4) is 0 Å². The molecule has 0 rings (SSSR count). The highest BCUT2D eigenvalue weighted by Crippen LogP contribution is 2.00. The molecule has 11 heavy (non-hydrogen) atoms. The Hall–Kier alpha value is -1.05. The molecule has 0 heterocycles. The van der Waals surface area contributed by atoms with Crippen molar-refractivity contribution < 1.29 is 0 Å². The van der Waals surface area contributed by atoms with Crippen LogP contribution in [-0.2, 0) is 0 Å². The van der Waals surface area contributed by atoms with Crippen molar-refractivity contribution in [1.29, 1.82) is 5.41 Å². The highest BCUT2D eigenvalue weighted by Gasteiger charge is 1.92. The lowest BCUT2D eigenvalue weighted by Gasteiger charge is -2.12. The van der Waals surface area contributed by atoms with Gasteiger partial charge in [-0.05, 0) is 26.0 Å². The summed E-state index contributed by atoms with van der Waals surface area (Å²) in [6.45, 7) is 3.74. The molecule has 0 bridgehead atoms. The molecule has 0 aliphatic carbocycles. The van der Waals surface area contributed by atoms with Gasteiger partial charge in [0.05, 0.1) is 0 Å². The van der Waals surface area contributed by atoms with E-state index in [9.17, 15) is 0 Å². The molecular formula is C9H16N2. The summed E-state index contributed by atoms with van der Waals surface area (Å²) in [5.74, 6) is 0. The minimum atomic E-state index is 0.576. The molecule has 0 spiro atoms. The van der Waals surface area contributed by atoms with E-state index in [4.69, 9.17) is 5.41 Å². The maximum atomic E-state index is 7.26. The summed E-state index contributed by atoms with van der Waals surface area (Å²) in [5, 5.41) is 7.26. The fourth-order valence-electron chi connectivity index (χ4n) is 0.719. The minimum absolute atomic E-state index is 0.576. The Morgan fingerprint density at radius 3 is 2.18 bits per heavy atom. The number of hydrogen-bond acceptors (Lipinski definition) is 2. The molecule has 1 N–H and O–H groups in total. The third-order valence-electron chi connectivity index (χ3n) is 1.22. The van der Waals surface area contributed by atoms with Crippen molar-refractivity contribution in [2.75, 3.05) is 14.1 Å². The summed E-state index contributed by atoms with van der Waals surface area (Å²) in [7, 11) is 3.93. The van der Waals surface area contributed by atoms with Gasteiger partial charge in [0.1, 0.15) is 0 Å². The van der Waals surface area contributed by atoms with Crippen molar-refractivity contribution in [2.45, 2.75) is 13.8 Å². The van der Waals surface area contributed by atoms with Gasteiger partial charge in [0.25, 0.3) is 0 Å². The lowest BCUT2D eigenvalue weighted by atomic mass is 10.3. The Morgan fingerprint density at radius 1 is 1.36 bits per heavy atom. The van der Waals surface area contributed by atoms with E-state index in [2.05, 4.69) is 0 Å². The van der Waals surface area contributed by atoms with Crippen molar-refractivity contribution in [3.05, 3.63) is 23.9 Å². The van der Waals surface area contributed by atoms with E-state index in [1.807, 2.05) is 44.1 Å². The molecule has 0 amide bonds. The minimum Gasteiger partial charge on any atom is -0.378 e. The first kappa shape index (κ1) is 9.95. The highest BCUT2D eigenvalue weighted by molar-refractivity contribution is 5.90. The van der Waals surface area contributed by atoms with Crippen LogP contribution in [0.5, 0.6) is 0 Å². The standard InChI is InChI=1S/C9H16N2/c1-5-6-9(11(3)4)7-8(2)10/h5-7,10H,1-4H3/b6-5-,9-7+,10-8?. The maximum Gasteiger partial charge on any atom is 0.0375 e. The third-order valence-corrected chi connectivity index (χ3v) is 1.22. The number of hydrogen-bond donors (Lipinski definition) is 1. The smallest absolute Gasteiger partial charge is 0.0375 e. The van der Waals surface area contributed by atoms with Gasteiger partial charge >= 0.3 is 0 Å². The Kier molecular flexibility index (Phi) is 4.27. The van der Waals surface area contributed by atoms with E-state index in [-0.39, 0.29) is 0 Å². The number of rotatable bonds is 3. The topological polar surface area (TPSA) is 27.1 Å². The average molecular weight is 152 g/mol. The molecule has 0 aromatic rings. The van der Waals surface area contributed by atoms with E-state index in [0.29, 0.717) is 5.71 Å². The van der Waals surface area contributed by atoms with Gasteiger partial charge in [0.15, 0.2) is 0 Å². The van der Waals surface area contributed by atoms with E-state index in [1.165, 1.54) is 0 Å². The summed E-state index contributed by atoms with van der Waals surface area (Å²) in [6, 6.07) is 0. The van der Waals surface area contributed by atoms with Gasteiger partial charge < -0.3 is 10.3 Å². The molecule has 62 valence electrons. The molecule has 0 radical (unpaired) electrons. The zero-order chi connectivity index (χ0) is 8.85. The van der Waals surface area contributed by atoms with Gasteiger partial charge in [0, 0.05) is 25.5 Å². The van der Waals surface area contributed by atoms with Crippen molar-refractivity contribution in [3.63, 3.8) is 0 Å². The summed E-state index contributed by atoms with van der Waals surface area (Å²) in [4.78, 5) is 1.98. The normalized spacial score (nSPS) is 12.2. The molecule has 0 fully saturated rings. The van der Waals surface area contributed by atoms with Gasteiger partial charge in [-0.1, -0.05) is 6.08 Å². The largest absolute Gasteiger partial charge is 0.378 e. The van der Waals surface area contributed by atoms with Crippen LogP contribution >= 0.6 is 0 Å². The van der Waals surface area contributed by atoms with E-state index in [0.717, 1.165) is 5.70 Å². The van der Waals surface area contributed by atoms with Crippen LogP contribution in [0.2, 0.25) is 0 Å². The molecule has 0 aromatic carbocycles. The predicted octanol–water partition coefficient (Wildman–Crippen LogP) is 2.05. The Bertz CT molecular complexity index is 188. The van der Waals surface area contributed by atoms with E-state index in [1.54, 1.807) is 6.92 Å². The second kappa shape index (κ2) is 4.72. The zero-order valence-corrected chi connectivity index (χ0v) is 7.68. The first-order valence-electron chi connectivity index (χ1n) is 3.64. The molecule has 0 unspecified atom stereocenters. The second-order valence-corrected chi connectivity index (χ2v) is 2.65. The molecule has 2 heteroatoms. The summed E-state index contributed by atoms with van der Waals surface area (Å²) in [6.07, 6.45) is 5.78. The fourth-order valence-corrected chi connectivity index (χ4v) is 0.719. The van der Waals surface area contributed by atoms with Crippen molar-refractivity contribution in [3.8, 4) is 0 Å². The highest BCUT2D eigenvalue weighted by atomic mass is 15.1. The van der Waals surface area contributed by atoms with Crippen LogP contribution in [0.15, 0.2) is 23.9 Å². The van der Waals surface area contributed by atoms with E-state index >= 15 is 0 Å². The van der Waals surface area contributed by atoms with Crippen LogP contribution in [-0.4, -0.2) is 24.7 Å². The van der Waals surface area contributed by atoms with Gasteiger partial charge in [-0.15, -0.1) is 0 Å². The number of nitrogens with one attached hydrogen (secondary N) is 1. The fraction of sp³-hybridized carbons (Fsp3) is 0.444. The number of likely N-dealkylation sites (N-methyl/N-ethyl adjacent to an activating group) is 1. The maximum absolute atomic E-state index is 7.26. The lowest BCUT2D eigenvalue weighted by Crippen LogP contribution is -2.10. The number of allylic oxidation sites excluding steroid dienone is 3. The lowest BCUT2D eigenvalue weighted by molar-refractivity contribution is 0.530. The average Bonchev–Trinajstić information content (AvgIpc) is 1.86. The van der Waals surface area contributed by atoms with Crippen LogP contribution in [0.4, 0.5) is 0 Å². The second-order valence-electron chi connectivity index (χ2n) is 2.65. The van der Waals surface area contributed by atoms with Crippen LogP contribution < -0.4 is 0 Å². The third kappa shape index (κ3) is 4.37. The Labute approximate surface area is 68.7 Å². The molecule has 0 aromatic heterocycles. The first-order chi connectivity index (χ1) is 5.07. The molecule has 0 saturated carbocycles. The molecule has 0 saturated heterocycles. The van der Waals surface area contributed by atoms with Crippen LogP contribution in [0.1, 0.15) is 13.8 Å². The van der Waals surface area contributed by atoms with Crippen molar-refractivity contribution in [2.24, 2.45) is 0 Å². The monoisotopic (exact) mass is 152 g/mol. The number of nitrogens with zero attached hydrogens (tertiary/aromatic N) is 1. The molecular weight excluding hydrogens is 136 g/mol. The summed E-state index contributed by atoms with van der Waals surface area (Å²) >= 11 is 0. The molecule has 0 aliphatic heterocycles. The van der Waals surface area contributed by atoms with Crippen molar-refractivity contribution in [1.82, 2.24) is 4.90 Å². The predicted molar refractivity (Wildman–Crippen MR) is 50.0 cm³/mol. The first-order valence-corrected chi connectivity index (χ1v) is 3.64. The van der Waals surface area contributed by atoms with Gasteiger partial charge in [-0.3, -0.25) is 0 Å². The Morgan fingerprint density at radius 2 is 1.91 bits per heavy atom. The summed E-state index contributed by atoms with van der Waals surface area (Å²) in [5.41, 5.74) is 1.63. The van der Waals surface area contributed by atoms with Crippen LogP contribution in [0.25, 0.3) is 0 Å². The van der Waals surface area contributed by atoms with Gasteiger partial charge in [-0.25, -0.2) is 0 Å². The Balaban J connectivity index is 4.46. The van der Waals surface area contributed by atoms with Gasteiger partial charge in [0.2, 0.25) is 0 Å². The van der Waals surface area contributed by atoms with Crippen molar-refractivity contribution >= 4 is 5.71 Å². The molecule has 0 atom stereocenters. The summed E-state index contributed by atoms with van der Waals surface area (Å²) < 4.78 is 0. The molecule has 0 aliphatic rings. The zero-order valence-electron chi connectivity index (χ0n) is 7.68. The van der Waals surface area contributed by atoms with Crippen LogP contribution in [0, 0.1) is 5.41 Å². The molecule has 2 nitrogen and oxygen atoms in total. The quantitative estimate of drug-likeness (QED) is 0.486. The van der Waals surface area contributed by atoms with Gasteiger partial charge in [-0.2, -0.15) is 0 Å². The van der Waals surface area contributed by atoms with E-state index < -0.39 is 0 Å². The SMILES string of the molecule is C/C=C\C(=C/C(C)=N)N(C)C.